The van der Waals surface area contributed by atoms with E-state index in [1.54, 1.807) is 0 Å². The molecule has 76 valence electrons. The third-order valence-corrected chi connectivity index (χ3v) is 0.744. The second kappa shape index (κ2) is 16.9. The highest BCUT2D eigenvalue weighted by Crippen LogP contribution is 1.88. The molecule has 0 aliphatic carbocycles. The van der Waals surface area contributed by atoms with Crippen LogP contribution in [0.1, 0.15) is 54.4 Å². The van der Waals surface area contributed by atoms with Crippen molar-refractivity contribution in [3.05, 3.63) is 0 Å². The molecule has 0 aromatic rings. The van der Waals surface area contributed by atoms with Crippen molar-refractivity contribution < 1.29 is 4.79 Å². The minimum atomic E-state index is 0.167. The van der Waals surface area contributed by atoms with Crippen molar-refractivity contribution in [2.24, 2.45) is 5.73 Å². The zero-order valence-corrected chi connectivity index (χ0v) is 9.48. The van der Waals surface area contributed by atoms with E-state index in [0.29, 0.717) is 6.04 Å². The molecule has 2 N–H and O–H groups in total. The quantitative estimate of drug-likeness (QED) is 0.701. The molecule has 0 saturated carbocycles. The highest BCUT2D eigenvalue weighted by molar-refractivity contribution is 5.72. The molecule has 0 fully saturated rings. The first-order valence-corrected chi connectivity index (χ1v) is 4.73. The lowest BCUT2D eigenvalue weighted by atomic mass is 10.2. The average molecular weight is 175 g/mol. The van der Waals surface area contributed by atoms with Gasteiger partial charge in [0.05, 0.1) is 0 Å². The molecule has 0 saturated heterocycles. The van der Waals surface area contributed by atoms with Gasteiger partial charge in [0.15, 0.2) is 0 Å². The fourth-order valence-electron chi connectivity index (χ4n) is 0.455. The largest absolute Gasteiger partial charge is 0.328 e. The predicted molar refractivity (Wildman–Crippen MR) is 56.3 cm³/mol. The molecule has 0 aromatic carbocycles. The summed E-state index contributed by atoms with van der Waals surface area (Å²) in [6, 6.07) is 0.398. The van der Waals surface area contributed by atoms with Gasteiger partial charge >= 0.3 is 0 Å². The van der Waals surface area contributed by atoms with Crippen LogP contribution in [0.2, 0.25) is 0 Å². The Balaban J connectivity index is -0.000000118. The number of Topliss-reactive ketones (excluding diaryl/α,β-unsaturated/α-hetero) is 1. The lowest BCUT2D eigenvalue weighted by molar-refractivity contribution is -0.114. The Morgan fingerprint density at radius 1 is 1.33 bits per heavy atom. The summed E-state index contributed by atoms with van der Waals surface area (Å²) in [6.07, 6.45) is 2.36. The molecule has 0 radical (unpaired) electrons. The van der Waals surface area contributed by atoms with Crippen molar-refractivity contribution in [2.75, 3.05) is 0 Å². The van der Waals surface area contributed by atoms with Crippen LogP contribution in [0.15, 0.2) is 0 Å². The zero-order valence-electron chi connectivity index (χ0n) is 9.48. The van der Waals surface area contributed by atoms with Crippen LogP contribution >= 0.6 is 0 Å². The Morgan fingerprint density at radius 3 is 1.58 bits per heavy atom. The number of rotatable bonds is 2. The van der Waals surface area contributed by atoms with Gasteiger partial charge in [0.1, 0.15) is 5.78 Å². The highest BCUT2D eigenvalue weighted by Gasteiger charge is 1.85. The van der Waals surface area contributed by atoms with E-state index in [9.17, 15) is 4.79 Å². The third kappa shape index (κ3) is 104. The molecule has 2 nitrogen and oxygen atoms in total. The molecule has 0 aliphatic heterocycles. The maximum atomic E-state index is 9.44. The van der Waals surface area contributed by atoms with E-state index in [1.165, 1.54) is 20.3 Å². The van der Waals surface area contributed by atoms with Crippen molar-refractivity contribution in [3.63, 3.8) is 0 Å². The molecule has 0 aromatic heterocycles. The summed E-state index contributed by atoms with van der Waals surface area (Å²) < 4.78 is 0. The number of nitrogens with two attached hydrogens (primary N) is 1. The van der Waals surface area contributed by atoms with E-state index in [1.807, 2.05) is 20.8 Å². The van der Waals surface area contributed by atoms with Gasteiger partial charge in [-0.05, 0) is 27.2 Å². The van der Waals surface area contributed by atoms with Gasteiger partial charge in [0.25, 0.3) is 0 Å². The lowest BCUT2D eigenvalue weighted by Crippen LogP contribution is -2.13. The predicted octanol–water partition coefficient (Wildman–Crippen LogP) is 2.76. The van der Waals surface area contributed by atoms with Gasteiger partial charge in [-0.15, -0.1) is 0 Å². The molecule has 0 heterocycles. The second-order valence-corrected chi connectivity index (χ2v) is 2.67. The molecule has 2 heteroatoms. The summed E-state index contributed by atoms with van der Waals surface area (Å²) >= 11 is 0. The Hall–Kier alpha value is -0.370. The van der Waals surface area contributed by atoms with Crippen LogP contribution in [-0.2, 0) is 4.79 Å². The summed E-state index contributed by atoms with van der Waals surface area (Å²) in [5.74, 6) is 0.167. The number of carbonyl (C=O) groups is 1. The van der Waals surface area contributed by atoms with E-state index in [-0.39, 0.29) is 5.78 Å². The topological polar surface area (TPSA) is 43.1 Å². The van der Waals surface area contributed by atoms with Crippen LogP contribution in [0.25, 0.3) is 0 Å². The van der Waals surface area contributed by atoms with E-state index in [2.05, 4.69) is 6.92 Å². The maximum Gasteiger partial charge on any atom is 0.126 e. The molecule has 0 rings (SSSR count). The van der Waals surface area contributed by atoms with Gasteiger partial charge in [-0.25, -0.2) is 0 Å². The smallest absolute Gasteiger partial charge is 0.126 e. The second-order valence-electron chi connectivity index (χ2n) is 2.67. The van der Waals surface area contributed by atoms with Crippen molar-refractivity contribution in [3.8, 4) is 0 Å². The van der Waals surface area contributed by atoms with Crippen molar-refractivity contribution in [1.82, 2.24) is 0 Å². The van der Waals surface area contributed by atoms with Crippen molar-refractivity contribution in [1.29, 1.82) is 0 Å². The van der Waals surface area contributed by atoms with E-state index < -0.39 is 0 Å². The molecule has 0 amide bonds. The van der Waals surface area contributed by atoms with Crippen LogP contribution in [0.4, 0.5) is 0 Å². The minimum absolute atomic E-state index is 0.167. The number of carbonyl (C=O) groups excluding carboxylic acids is 1. The standard InChI is InChI=1S/C5H13N.C3H6O.C2H6/c1-3-4-5(2)6;1-3(2)4;1-2/h5H,3-4,6H2,1-2H3;1-2H3;1-2H3. The van der Waals surface area contributed by atoms with Crippen molar-refractivity contribution >= 4 is 5.78 Å². The number of hydrogen-bond donors (Lipinski definition) is 1. The van der Waals surface area contributed by atoms with E-state index in [0.717, 1.165) is 6.42 Å². The molecule has 0 aliphatic rings. The van der Waals surface area contributed by atoms with E-state index in [4.69, 9.17) is 5.73 Å². The molecule has 1 atom stereocenters. The molecule has 1 unspecified atom stereocenters. The van der Waals surface area contributed by atoms with E-state index >= 15 is 0 Å². The normalized spacial score (nSPS) is 9.92. The first kappa shape index (κ1) is 17.6. The SMILES string of the molecule is CC.CC(C)=O.CCCC(C)N. The Labute approximate surface area is 77.5 Å². The van der Waals surface area contributed by atoms with Gasteiger partial charge in [0.2, 0.25) is 0 Å². The lowest BCUT2D eigenvalue weighted by Gasteiger charge is -1.96. The zero-order chi connectivity index (χ0) is 10.6. The van der Waals surface area contributed by atoms with Crippen LogP contribution in [0.3, 0.4) is 0 Å². The van der Waals surface area contributed by atoms with Gasteiger partial charge in [0, 0.05) is 6.04 Å². The number of hydrogen-bond acceptors (Lipinski definition) is 2. The summed E-state index contributed by atoms with van der Waals surface area (Å²) in [5, 5.41) is 0. The Bertz CT molecular complexity index is 75.9. The molecule has 0 spiro atoms. The third-order valence-electron chi connectivity index (χ3n) is 0.744. The van der Waals surface area contributed by atoms with Gasteiger partial charge in [-0.1, -0.05) is 27.2 Å². The van der Waals surface area contributed by atoms with Crippen LogP contribution in [0.5, 0.6) is 0 Å². The Kier molecular flexibility index (Phi) is 24.9. The fourth-order valence-corrected chi connectivity index (χ4v) is 0.455. The van der Waals surface area contributed by atoms with Gasteiger partial charge < -0.3 is 10.5 Å². The molecule has 0 bridgehead atoms. The summed E-state index contributed by atoms with van der Waals surface area (Å²) in [5.41, 5.74) is 5.40. The monoisotopic (exact) mass is 175 g/mol. The first-order chi connectivity index (χ1) is 5.50. The number of ketones is 1. The molecule has 12 heavy (non-hydrogen) atoms. The summed E-state index contributed by atoms with van der Waals surface area (Å²) in [6.45, 7) is 11.2. The first-order valence-electron chi connectivity index (χ1n) is 4.73. The van der Waals surface area contributed by atoms with Gasteiger partial charge in [-0.3, -0.25) is 0 Å². The fraction of sp³-hybridized carbons (Fsp3) is 0.900. The van der Waals surface area contributed by atoms with Crippen LogP contribution in [0, 0.1) is 0 Å². The van der Waals surface area contributed by atoms with Crippen LogP contribution in [-0.4, -0.2) is 11.8 Å². The minimum Gasteiger partial charge on any atom is -0.328 e. The molecular formula is C10H25NO. The summed E-state index contributed by atoms with van der Waals surface area (Å²) in [4.78, 5) is 9.44. The Morgan fingerprint density at radius 2 is 1.58 bits per heavy atom. The van der Waals surface area contributed by atoms with Gasteiger partial charge in [-0.2, -0.15) is 0 Å². The highest BCUT2D eigenvalue weighted by atomic mass is 16.1. The maximum absolute atomic E-state index is 9.44. The van der Waals surface area contributed by atoms with Crippen molar-refractivity contribution in [2.45, 2.75) is 60.4 Å². The molecular weight excluding hydrogens is 150 g/mol. The summed E-state index contributed by atoms with van der Waals surface area (Å²) in [7, 11) is 0. The average Bonchev–Trinajstić information content (AvgIpc) is 1.90. The van der Waals surface area contributed by atoms with Crippen LogP contribution < -0.4 is 5.73 Å².